The highest BCUT2D eigenvalue weighted by Crippen LogP contribution is 2.55. The summed E-state index contributed by atoms with van der Waals surface area (Å²) in [5, 5.41) is 12.3. The van der Waals surface area contributed by atoms with E-state index in [0.29, 0.717) is 5.57 Å². The molecule has 8 atom stereocenters. The van der Waals surface area contributed by atoms with Gasteiger partial charge in [0, 0.05) is 38.7 Å². The molecule has 1 saturated heterocycles. The third-order valence-corrected chi connectivity index (χ3v) is 8.09. The maximum Gasteiger partial charge on any atom is 0.333 e. The van der Waals surface area contributed by atoms with E-state index >= 15 is 0 Å². The molecule has 0 aromatic rings. The molecule has 38 heavy (non-hydrogen) atoms. The Hall–Kier alpha value is -3.21. The quantitative estimate of drug-likeness (QED) is 0.319. The summed E-state index contributed by atoms with van der Waals surface area (Å²) in [7, 11) is 1.19. The number of aliphatic hydroxyl groups is 1. The molecular weight excluding hydrogens is 500 g/mol. The van der Waals surface area contributed by atoms with E-state index in [1.54, 1.807) is 13.8 Å². The molecule has 11 heteroatoms. The summed E-state index contributed by atoms with van der Waals surface area (Å²) in [6, 6.07) is 0. The van der Waals surface area contributed by atoms with E-state index in [1.165, 1.54) is 40.9 Å². The first-order chi connectivity index (χ1) is 17.7. The summed E-state index contributed by atoms with van der Waals surface area (Å²) < 4.78 is 27.8. The van der Waals surface area contributed by atoms with Crippen molar-refractivity contribution in [3.63, 3.8) is 0 Å². The highest BCUT2D eigenvalue weighted by molar-refractivity contribution is 5.89. The number of hydrogen-bond donors (Lipinski definition) is 1. The van der Waals surface area contributed by atoms with Gasteiger partial charge < -0.3 is 28.8 Å². The molecule has 0 spiro atoms. The minimum absolute atomic E-state index is 0.0270. The molecule has 3 aliphatic rings. The zero-order valence-electron chi connectivity index (χ0n) is 22.8. The predicted molar refractivity (Wildman–Crippen MR) is 130 cm³/mol. The maximum absolute atomic E-state index is 12.8. The summed E-state index contributed by atoms with van der Waals surface area (Å²) in [5.41, 5.74) is -2.65. The molecule has 0 bridgehead atoms. The van der Waals surface area contributed by atoms with Crippen LogP contribution >= 0.6 is 0 Å². The fourth-order valence-electron chi connectivity index (χ4n) is 6.20. The molecule has 210 valence electrons. The Balaban J connectivity index is 2.39. The second-order valence-corrected chi connectivity index (χ2v) is 10.4. The lowest BCUT2D eigenvalue weighted by molar-refractivity contribution is -0.216. The largest absolute Gasteiger partial charge is 0.466 e. The molecule has 1 N–H and O–H groups in total. The third kappa shape index (κ3) is 5.08. The monoisotopic (exact) mass is 536 g/mol. The van der Waals surface area contributed by atoms with Crippen LogP contribution in [0, 0.1) is 17.3 Å². The summed E-state index contributed by atoms with van der Waals surface area (Å²) in [4.78, 5) is 62.5. The summed E-state index contributed by atoms with van der Waals surface area (Å²) in [5.74, 6) is -5.47. The molecule has 0 unspecified atom stereocenters. The second-order valence-electron chi connectivity index (χ2n) is 10.4. The number of methoxy groups -OCH3 is 1. The van der Waals surface area contributed by atoms with Crippen LogP contribution in [0.4, 0.5) is 0 Å². The molecule has 2 aliphatic carbocycles. The summed E-state index contributed by atoms with van der Waals surface area (Å²) in [6.07, 6.45) is -1.10. The maximum atomic E-state index is 12.8. The van der Waals surface area contributed by atoms with Crippen molar-refractivity contribution >= 4 is 29.8 Å². The van der Waals surface area contributed by atoms with Crippen LogP contribution in [0.3, 0.4) is 0 Å². The zero-order chi connectivity index (χ0) is 28.6. The van der Waals surface area contributed by atoms with Gasteiger partial charge in [-0.3, -0.25) is 19.2 Å². The number of rotatable bonds is 4. The molecule has 0 aromatic carbocycles. The van der Waals surface area contributed by atoms with E-state index in [1.807, 2.05) is 6.08 Å². The predicted octanol–water partition coefficient (Wildman–Crippen LogP) is 1.94. The lowest BCUT2D eigenvalue weighted by Crippen LogP contribution is -2.65. The van der Waals surface area contributed by atoms with Crippen molar-refractivity contribution in [2.24, 2.45) is 17.3 Å². The van der Waals surface area contributed by atoms with Gasteiger partial charge in [-0.2, -0.15) is 0 Å². The molecule has 1 fully saturated rings. The Labute approximate surface area is 221 Å². The lowest BCUT2D eigenvalue weighted by Gasteiger charge is -2.54. The topological polar surface area (TPSA) is 152 Å². The Bertz CT molecular complexity index is 1070. The van der Waals surface area contributed by atoms with E-state index in [9.17, 15) is 29.1 Å². The van der Waals surface area contributed by atoms with Crippen LogP contribution in [-0.2, 0) is 47.7 Å². The lowest BCUT2D eigenvalue weighted by atomic mass is 9.56. The fourth-order valence-corrected chi connectivity index (χ4v) is 6.20. The van der Waals surface area contributed by atoms with Gasteiger partial charge in [0.2, 0.25) is 0 Å². The molecule has 11 nitrogen and oxygen atoms in total. The average Bonchev–Trinajstić information content (AvgIpc) is 3.04. The summed E-state index contributed by atoms with van der Waals surface area (Å²) in [6.45, 7) is 8.61. The minimum atomic E-state index is -2.14. The zero-order valence-corrected chi connectivity index (χ0v) is 22.8. The number of fused-ring (bicyclic) bond motifs is 2. The van der Waals surface area contributed by atoms with Gasteiger partial charge in [0.1, 0.15) is 18.3 Å². The Morgan fingerprint density at radius 3 is 2.16 bits per heavy atom. The minimum Gasteiger partial charge on any atom is -0.466 e. The standard InChI is InChI=1S/C27H36O11/c1-13-8-10-19(35-15(3)28)26(6)20(36-16(4)29)11-9-18(25(32)34-7)12-21-27(33,14(2)24(31)38-21)23(22(13)26)37-17(5)30/h8,12,14,19-23,33H,9-11H2,1-7H3/b18-12+/t14-,19-,20-,21-,22+,23-,26+,27-/m0/s1. The van der Waals surface area contributed by atoms with E-state index in [0.717, 1.165) is 0 Å². The second kappa shape index (κ2) is 10.9. The van der Waals surface area contributed by atoms with E-state index in [-0.39, 0.29) is 24.8 Å². The first-order valence-electron chi connectivity index (χ1n) is 12.6. The van der Waals surface area contributed by atoms with Gasteiger partial charge in [0.15, 0.2) is 11.7 Å². The number of carbonyl (C=O) groups excluding carboxylic acids is 5. The van der Waals surface area contributed by atoms with Crippen LogP contribution in [0.15, 0.2) is 23.3 Å². The van der Waals surface area contributed by atoms with Crippen LogP contribution in [-0.4, -0.2) is 72.1 Å². The Morgan fingerprint density at radius 1 is 1.03 bits per heavy atom. The van der Waals surface area contributed by atoms with Gasteiger partial charge >= 0.3 is 29.8 Å². The molecular formula is C27H36O11. The smallest absolute Gasteiger partial charge is 0.333 e. The normalized spacial score (nSPS) is 38.2. The number of hydrogen-bond acceptors (Lipinski definition) is 11. The Kier molecular flexibility index (Phi) is 8.40. The SMILES string of the molecule is COC(=O)/C1=C/[C@@H]2OC(=O)[C@H](C)[C@@]2(O)[C@@H](OC(C)=O)[C@H]2C(C)=CC[C@H](OC(C)=O)[C@]2(C)[C@@H](OC(C)=O)CC1. The van der Waals surface area contributed by atoms with Crippen LogP contribution in [0.5, 0.6) is 0 Å². The van der Waals surface area contributed by atoms with Gasteiger partial charge in [-0.15, -0.1) is 0 Å². The van der Waals surface area contributed by atoms with Crippen molar-refractivity contribution in [2.75, 3.05) is 7.11 Å². The van der Waals surface area contributed by atoms with E-state index in [2.05, 4.69) is 0 Å². The summed E-state index contributed by atoms with van der Waals surface area (Å²) >= 11 is 0. The van der Waals surface area contributed by atoms with Crippen LogP contribution in [0.25, 0.3) is 0 Å². The van der Waals surface area contributed by atoms with E-state index in [4.69, 9.17) is 23.7 Å². The molecule has 0 amide bonds. The molecule has 0 aromatic heterocycles. The van der Waals surface area contributed by atoms with E-state index < -0.39 is 77.1 Å². The van der Waals surface area contributed by atoms with Gasteiger partial charge in [-0.25, -0.2) is 4.79 Å². The van der Waals surface area contributed by atoms with Crippen LogP contribution in [0.1, 0.15) is 60.8 Å². The fraction of sp³-hybridized carbons (Fsp3) is 0.667. The average molecular weight is 537 g/mol. The van der Waals surface area contributed by atoms with Gasteiger partial charge in [-0.05, 0) is 32.8 Å². The molecule has 1 aliphatic heterocycles. The first-order valence-corrected chi connectivity index (χ1v) is 12.6. The van der Waals surface area contributed by atoms with Crippen LogP contribution < -0.4 is 0 Å². The molecule has 1 heterocycles. The molecule has 0 radical (unpaired) electrons. The first kappa shape index (κ1) is 29.3. The van der Waals surface area contributed by atoms with Crippen molar-refractivity contribution in [3.8, 4) is 0 Å². The van der Waals surface area contributed by atoms with Crippen molar-refractivity contribution in [1.29, 1.82) is 0 Å². The van der Waals surface area contributed by atoms with Crippen molar-refractivity contribution in [3.05, 3.63) is 23.3 Å². The van der Waals surface area contributed by atoms with Crippen molar-refractivity contribution in [2.45, 2.75) is 90.8 Å². The number of esters is 5. The number of ether oxygens (including phenoxy) is 5. The van der Waals surface area contributed by atoms with Crippen molar-refractivity contribution in [1.82, 2.24) is 0 Å². The van der Waals surface area contributed by atoms with Gasteiger partial charge in [0.05, 0.1) is 18.4 Å². The highest BCUT2D eigenvalue weighted by Gasteiger charge is 2.67. The van der Waals surface area contributed by atoms with Gasteiger partial charge in [0.25, 0.3) is 0 Å². The third-order valence-electron chi connectivity index (χ3n) is 8.09. The highest BCUT2D eigenvalue weighted by atomic mass is 16.6. The number of carbonyl (C=O) groups is 5. The van der Waals surface area contributed by atoms with Crippen LogP contribution in [0.2, 0.25) is 0 Å². The van der Waals surface area contributed by atoms with Gasteiger partial charge in [-0.1, -0.05) is 18.6 Å². The molecule has 0 saturated carbocycles. The van der Waals surface area contributed by atoms with Crippen molar-refractivity contribution < 1.29 is 52.8 Å². The Morgan fingerprint density at radius 2 is 1.61 bits per heavy atom. The molecule has 3 rings (SSSR count).